The Kier molecular flexibility index (Phi) is 3.75. The summed E-state index contributed by atoms with van der Waals surface area (Å²) in [6.07, 6.45) is 3.42. The van der Waals surface area contributed by atoms with Crippen LogP contribution in [0.2, 0.25) is 0 Å². The van der Waals surface area contributed by atoms with Crippen LogP contribution in [0.4, 0.5) is 10.5 Å². The normalized spacial score (nSPS) is 28.2. The van der Waals surface area contributed by atoms with E-state index < -0.39 is 24.0 Å². The van der Waals surface area contributed by atoms with Gasteiger partial charge < -0.3 is 9.64 Å². The molecule has 0 radical (unpaired) electrons. The molecule has 142 valence electrons. The lowest BCUT2D eigenvalue weighted by Crippen LogP contribution is -2.58. The van der Waals surface area contributed by atoms with Gasteiger partial charge in [0.1, 0.15) is 0 Å². The molecule has 4 atom stereocenters. The fourth-order valence-corrected chi connectivity index (χ4v) is 4.88. The van der Waals surface area contributed by atoms with Gasteiger partial charge in [0.15, 0.2) is 0 Å². The summed E-state index contributed by atoms with van der Waals surface area (Å²) in [6.45, 7) is 2.44. The number of hydrogen-bond acceptors (Lipinski definition) is 4. The monoisotopic (exact) mass is 376 g/mol. The van der Waals surface area contributed by atoms with E-state index in [1.165, 1.54) is 4.90 Å². The average Bonchev–Trinajstić information content (AvgIpc) is 3.00. The van der Waals surface area contributed by atoms with E-state index in [1.807, 2.05) is 54.6 Å². The largest absolute Gasteiger partial charge is 0.450 e. The Morgan fingerprint density at radius 1 is 1.04 bits per heavy atom. The zero-order valence-corrected chi connectivity index (χ0v) is 15.4. The van der Waals surface area contributed by atoms with Crippen molar-refractivity contribution in [3.63, 3.8) is 0 Å². The summed E-state index contributed by atoms with van der Waals surface area (Å²) in [5.74, 6) is -1.56. The first-order valence-corrected chi connectivity index (χ1v) is 9.59. The molecule has 0 N–H and O–H groups in total. The molecule has 3 amide bonds. The van der Waals surface area contributed by atoms with Gasteiger partial charge in [-0.25, -0.2) is 9.69 Å². The molecule has 3 aliphatic heterocycles. The van der Waals surface area contributed by atoms with Crippen LogP contribution in [0.1, 0.15) is 6.92 Å². The topological polar surface area (TPSA) is 66.9 Å². The van der Waals surface area contributed by atoms with Gasteiger partial charge in [-0.3, -0.25) is 9.59 Å². The zero-order valence-electron chi connectivity index (χ0n) is 15.4. The van der Waals surface area contributed by atoms with Gasteiger partial charge in [0.2, 0.25) is 11.8 Å². The Morgan fingerprint density at radius 3 is 2.61 bits per heavy atom. The molecule has 4 unspecified atom stereocenters. The molecule has 2 saturated heterocycles. The molecule has 0 aromatic heterocycles. The highest BCUT2D eigenvalue weighted by Crippen LogP contribution is 2.47. The van der Waals surface area contributed by atoms with Crippen molar-refractivity contribution < 1.29 is 19.1 Å². The van der Waals surface area contributed by atoms with Crippen molar-refractivity contribution in [3.05, 3.63) is 54.6 Å². The molecule has 6 nitrogen and oxygen atoms in total. The molecule has 2 aromatic rings. The number of piperidine rings is 1. The summed E-state index contributed by atoms with van der Waals surface area (Å²) >= 11 is 0. The van der Waals surface area contributed by atoms with Crippen LogP contribution in [-0.2, 0) is 14.3 Å². The van der Waals surface area contributed by atoms with Gasteiger partial charge in [0, 0.05) is 17.8 Å². The first kappa shape index (κ1) is 17.0. The van der Waals surface area contributed by atoms with Crippen LogP contribution >= 0.6 is 0 Å². The highest BCUT2D eigenvalue weighted by molar-refractivity contribution is 6.25. The van der Waals surface area contributed by atoms with Crippen molar-refractivity contribution in [2.45, 2.75) is 13.0 Å². The van der Waals surface area contributed by atoms with Crippen molar-refractivity contribution in [1.29, 1.82) is 0 Å². The van der Waals surface area contributed by atoms with E-state index in [0.29, 0.717) is 12.2 Å². The number of ether oxygens (including phenoxy) is 1. The average molecular weight is 376 g/mol. The van der Waals surface area contributed by atoms with E-state index in [-0.39, 0.29) is 24.3 Å². The number of amides is 3. The van der Waals surface area contributed by atoms with E-state index in [2.05, 4.69) is 0 Å². The molecule has 6 rings (SSSR count). The van der Waals surface area contributed by atoms with E-state index in [9.17, 15) is 14.4 Å². The van der Waals surface area contributed by atoms with E-state index in [1.54, 1.807) is 11.8 Å². The van der Waals surface area contributed by atoms with Crippen molar-refractivity contribution in [3.8, 4) is 0 Å². The minimum Gasteiger partial charge on any atom is -0.450 e. The first-order valence-electron chi connectivity index (χ1n) is 9.59. The van der Waals surface area contributed by atoms with E-state index in [4.69, 9.17) is 4.74 Å². The molecule has 0 spiro atoms. The summed E-state index contributed by atoms with van der Waals surface area (Å²) in [7, 11) is 0. The lowest BCUT2D eigenvalue weighted by Gasteiger charge is -2.45. The minimum atomic E-state index is -0.556. The quantitative estimate of drug-likeness (QED) is 0.597. The molecule has 2 bridgehead atoms. The molecule has 1 aliphatic carbocycles. The van der Waals surface area contributed by atoms with E-state index in [0.717, 1.165) is 10.8 Å². The Balaban J connectivity index is 1.56. The molecule has 6 heteroatoms. The summed E-state index contributed by atoms with van der Waals surface area (Å²) in [5, 5.41) is 1.85. The maximum absolute atomic E-state index is 13.4. The van der Waals surface area contributed by atoms with E-state index >= 15 is 0 Å². The summed E-state index contributed by atoms with van der Waals surface area (Å²) in [5.41, 5.74) is 0.615. The van der Waals surface area contributed by atoms with Gasteiger partial charge in [-0.2, -0.15) is 0 Å². The van der Waals surface area contributed by atoms with Crippen molar-refractivity contribution >= 4 is 34.4 Å². The van der Waals surface area contributed by atoms with Gasteiger partial charge in [0.25, 0.3) is 0 Å². The third kappa shape index (κ3) is 2.24. The number of rotatable bonds is 2. The second-order valence-electron chi connectivity index (χ2n) is 7.45. The van der Waals surface area contributed by atoms with Crippen LogP contribution in [0.3, 0.4) is 0 Å². The van der Waals surface area contributed by atoms with Gasteiger partial charge in [-0.05, 0) is 18.4 Å². The third-order valence-corrected chi connectivity index (χ3v) is 6.06. The van der Waals surface area contributed by atoms with Crippen LogP contribution in [0, 0.1) is 17.8 Å². The predicted molar refractivity (Wildman–Crippen MR) is 104 cm³/mol. The fourth-order valence-electron chi connectivity index (χ4n) is 4.88. The number of anilines is 1. The molecule has 2 aromatic carbocycles. The number of imide groups is 1. The lowest BCUT2D eigenvalue weighted by atomic mass is 9.70. The maximum Gasteiger partial charge on any atom is 0.410 e. The number of carbonyl (C=O) groups is 3. The Labute approximate surface area is 162 Å². The van der Waals surface area contributed by atoms with Gasteiger partial charge in [-0.1, -0.05) is 48.6 Å². The number of hydrogen-bond donors (Lipinski definition) is 0. The standard InChI is InChI=1S/C22H20N2O4/c1-2-28-22(27)23-12-14-10-11-17(23)19-18(14)20(25)24(21(19)26)16-9-5-7-13-6-3-4-8-15(13)16/h3-11,14,17-19H,2,12H2,1H3. The molecule has 4 aliphatic rings. The molecule has 0 saturated carbocycles. The highest BCUT2D eigenvalue weighted by atomic mass is 16.6. The van der Waals surface area contributed by atoms with Gasteiger partial charge in [-0.15, -0.1) is 0 Å². The van der Waals surface area contributed by atoms with Crippen LogP contribution in [0.5, 0.6) is 0 Å². The summed E-state index contributed by atoms with van der Waals surface area (Å²) in [6, 6.07) is 12.9. The number of nitrogens with zero attached hydrogens (tertiary/aromatic N) is 2. The molecule has 2 fully saturated rings. The minimum absolute atomic E-state index is 0.171. The molecular weight excluding hydrogens is 356 g/mol. The second kappa shape index (κ2) is 6.19. The SMILES string of the molecule is CCOC(=O)N1CC2C=CC1C1C(=O)N(c3cccc4ccccc34)C(=O)C21. The summed E-state index contributed by atoms with van der Waals surface area (Å²) < 4.78 is 5.16. The Morgan fingerprint density at radius 2 is 1.79 bits per heavy atom. The Bertz CT molecular complexity index is 1020. The fraction of sp³-hybridized carbons (Fsp3) is 0.318. The maximum atomic E-state index is 13.4. The predicted octanol–water partition coefficient (Wildman–Crippen LogP) is 2.97. The van der Waals surface area contributed by atoms with Crippen molar-refractivity contribution in [1.82, 2.24) is 4.90 Å². The first-order chi connectivity index (χ1) is 13.6. The van der Waals surface area contributed by atoms with Crippen LogP contribution in [-0.4, -0.2) is 42.0 Å². The van der Waals surface area contributed by atoms with Gasteiger partial charge in [0.05, 0.1) is 30.2 Å². The zero-order chi connectivity index (χ0) is 19.4. The smallest absolute Gasteiger partial charge is 0.410 e. The molecular formula is C22H20N2O4. The lowest BCUT2D eigenvalue weighted by molar-refractivity contribution is -0.126. The molecule has 3 heterocycles. The number of benzene rings is 2. The van der Waals surface area contributed by atoms with Crippen LogP contribution in [0.15, 0.2) is 54.6 Å². The highest BCUT2D eigenvalue weighted by Gasteiger charge is 2.60. The molecule has 28 heavy (non-hydrogen) atoms. The van der Waals surface area contributed by atoms with Crippen molar-refractivity contribution in [2.24, 2.45) is 17.8 Å². The van der Waals surface area contributed by atoms with Crippen LogP contribution < -0.4 is 4.90 Å². The third-order valence-electron chi connectivity index (χ3n) is 6.06. The Hall–Kier alpha value is -3.15. The summed E-state index contributed by atoms with van der Waals surface area (Å²) in [4.78, 5) is 42.0. The van der Waals surface area contributed by atoms with Crippen LogP contribution in [0.25, 0.3) is 10.8 Å². The second-order valence-corrected chi connectivity index (χ2v) is 7.45. The van der Waals surface area contributed by atoms with Crippen molar-refractivity contribution in [2.75, 3.05) is 18.1 Å². The number of fused-ring (bicyclic) bond motifs is 2. The number of carbonyl (C=O) groups excluding carboxylic acids is 3. The van der Waals surface area contributed by atoms with Gasteiger partial charge >= 0.3 is 6.09 Å².